The summed E-state index contributed by atoms with van der Waals surface area (Å²) in [6, 6.07) is 0. The number of nitrogens with zero attached hydrogens (tertiary/aromatic N) is 3. The second-order valence-electron chi connectivity index (χ2n) is 4.92. The highest BCUT2D eigenvalue weighted by Crippen LogP contribution is 2.33. The van der Waals surface area contributed by atoms with E-state index in [1.54, 1.807) is 4.68 Å². The molecular formula is C10H18N4. The van der Waals surface area contributed by atoms with Gasteiger partial charge in [-0.3, -0.25) is 4.68 Å². The minimum Gasteiger partial charge on any atom is -0.394 e. The molecule has 0 bridgehead atoms. The molecule has 2 heterocycles. The van der Waals surface area contributed by atoms with E-state index >= 15 is 0 Å². The van der Waals surface area contributed by atoms with Crippen molar-refractivity contribution in [2.45, 2.75) is 20.3 Å². The Morgan fingerprint density at radius 3 is 2.64 bits per heavy atom. The molecule has 1 aliphatic heterocycles. The third-order valence-corrected chi connectivity index (χ3v) is 2.81. The standard InChI is InChI=1S/C10H18N4/c1-10(2)4-5-14(7-10)9-8(11)6-13(3)12-9/h6H,4-5,7,11H2,1-3H3. The summed E-state index contributed by atoms with van der Waals surface area (Å²) < 4.78 is 1.77. The van der Waals surface area contributed by atoms with Gasteiger partial charge in [0.2, 0.25) is 0 Å². The monoisotopic (exact) mass is 194 g/mol. The Balaban J connectivity index is 2.21. The lowest BCUT2D eigenvalue weighted by Gasteiger charge is -2.19. The van der Waals surface area contributed by atoms with Gasteiger partial charge in [-0.25, -0.2) is 0 Å². The fourth-order valence-corrected chi connectivity index (χ4v) is 2.03. The van der Waals surface area contributed by atoms with Crippen molar-refractivity contribution in [1.29, 1.82) is 0 Å². The van der Waals surface area contributed by atoms with E-state index in [1.165, 1.54) is 6.42 Å². The van der Waals surface area contributed by atoms with Gasteiger partial charge in [-0.1, -0.05) is 13.8 Å². The van der Waals surface area contributed by atoms with Crippen molar-refractivity contribution in [3.05, 3.63) is 6.20 Å². The molecule has 0 radical (unpaired) electrons. The van der Waals surface area contributed by atoms with E-state index in [-0.39, 0.29) is 0 Å². The second kappa shape index (κ2) is 2.90. The quantitative estimate of drug-likeness (QED) is 0.731. The maximum Gasteiger partial charge on any atom is 0.173 e. The molecule has 4 heteroatoms. The van der Waals surface area contributed by atoms with Crippen molar-refractivity contribution in [2.75, 3.05) is 23.7 Å². The Morgan fingerprint density at radius 1 is 1.50 bits per heavy atom. The van der Waals surface area contributed by atoms with Crippen molar-refractivity contribution in [3.63, 3.8) is 0 Å². The van der Waals surface area contributed by atoms with Crippen LogP contribution < -0.4 is 10.6 Å². The molecule has 0 unspecified atom stereocenters. The smallest absolute Gasteiger partial charge is 0.173 e. The lowest BCUT2D eigenvalue weighted by Crippen LogP contribution is -2.23. The van der Waals surface area contributed by atoms with Gasteiger partial charge in [0.25, 0.3) is 0 Å². The van der Waals surface area contributed by atoms with Crippen LogP contribution in [0.5, 0.6) is 0 Å². The zero-order valence-electron chi connectivity index (χ0n) is 9.12. The summed E-state index contributed by atoms with van der Waals surface area (Å²) in [4.78, 5) is 2.27. The number of nitrogens with two attached hydrogens (primary N) is 1. The van der Waals surface area contributed by atoms with Crippen molar-refractivity contribution in [3.8, 4) is 0 Å². The molecule has 0 saturated carbocycles. The third kappa shape index (κ3) is 1.56. The maximum atomic E-state index is 5.88. The van der Waals surface area contributed by atoms with Crippen LogP contribution in [0.15, 0.2) is 6.20 Å². The molecule has 78 valence electrons. The van der Waals surface area contributed by atoms with Crippen LogP contribution in [-0.2, 0) is 7.05 Å². The van der Waals surface area contributed by atoms with E-state index in [0.717, 1.165) is 24.6 Å². The highest BCUT2D eigenvalue weighted by molar-refractivity contribution is 5.62. The summed E-state index contributed by atoms with van der Waals surface area (Å²) in [6.45, 7) is 6.68. The van der Waals surface area contributed by atoms with Gasteiger partial charge in [-0.15, -0.1) is 0 Å². The molecule has 1 aromatic heterocycles. The first-order valence-corrected chi connectivity index (χ1v) is 5.02. The van der Waals surface area contributed by atoms with Crippen molar-refractivity contribution in [2.24, 2.45) is 12.5 Å². The molecule has 4 nitrogen and oxygen atoms in total. The van der Waals surface area contributed by atoms with Gasteiger partial charge in [0.1, 0.15) is 0 Å². The van der Waals surface area contributed by atoms with Crippen molar-refractivity contribution >= 4 is 11.5 Å². The normalized spacial score (nSPS) is 20.4. The van der Waals surface area contributed by atoms with Crippen LogP contribution in [0.3, 0.4) is 0 Å². The van der Waals surface area contributed by atoms with Gasteiger partial charge in [0.05, 0.1) is 5.69 Å². The minimum atomic E-state index is 0.393. The summed E-state index contributed by atoms with van der Waals surface area (Å²) in [5.41, 5.74) is 7.06. The van der Waals surface area contributed by atoms with E-state index in [2.05, 4.69) is 23.8 Å². The molecule has 1 aromatic rings. The molecule has 2 N–H and O–H groups in total. The predicted molar refractivity (Wildman–Crippen MR) is 58.2 cm³/mol. The minimum absolute atomic E-state index is 0.393. The first-order chi connectivity index (χ1) is 6.48. The van der Waals surface area contributed by atoms with Crippen LogP contribution in [0, 0.1) is 5.41 Å². The lowest BCUT2D eigenvalue weighted by molar-refractivity contribution is 0.418. The SMILES string of the molecule is Cn1cc(N)c(N2CCC(C)(C)C2)n1. The van der Waals surface area contributed by atoms with Crippen LogP contribution in [0.25, 0.3) is 0 Å². The molecule has 0 amide bonds. The Hall–Kier alpha value is -1.19. The van der Waals surface area contributed by atoms with Crippen LogP contribution in [0.1, 0.15) is 20.3 Å². The fourth-order valence-electron chi connectivity index (χ4n) is 2.03. The maximum absolute atomic E-state index is 5.88. The second-order valence-corrected chi connectivity index (χ2v) is 4.92. The summed E-state index contributed by atoms with van der Waals surface area (Å²) in [5, 5.41) is 4.38. The molecule has 0 atom stereocenters. The van der Waals surface area contributed by atoms with Gasteiger partial charge in [-0.2, -0.15) is 5.10 Å². The highest BCUT2D eigenvalue weighted by atomic mass is 15.4. The number of hydrogen-bond donors (Lipinski definition) is 1. The molecule has 2 rings (SSSR count). The average molecular weight is 194 g/mol. The predicted octanol–water partition coefficient (Wildman–Crippen LogP) is 1.24. The van der Waals surface area contributed by atoms with Crippen LogP contribution >= 0.6 is 0 Å². The Morgan fingerprint density at radius 2 is 2.21 bits per heavy atom. The van der Waals surface area contributed by atoms with Gasteiger partial charge < -0.3 is 10.6 Å². The largest absolute Gasteiger partial charge is 0.394 e. The summed E-state index contributed by atoms with van der Waals surface area (Å²) in [5.74, 6) is 0.943. The third-order valence-electron chi connectivity index (χ3n) is 2.81. The molecule has 14 heavy (non-hydrogen) atoms. The first kappa shape index (κ1) is 9.37. The Bertz CT molecular complexity index is 340. The zero-order valence-corrected chi connectivity index (χ0v) is 9.12. The Labute approximate surface area is 84.7 Å². The highest BCUT2D eigenvalue weighted by Gasteiger charge is 2.31. The average Bonchev–Trinajstić information content (AvgIpc) is 2.55. The summed E-state index contributed by atoms with van der Waals surface area (Å²) in [7, 11) is 1.90. The van der Waals surface area contributed by atoms with E-state index in [0.29, 0.717) is 5.41 Å². The van der Waals surface area contributed by atoms with Crippen LogP contribution in [-0.4, -0.2) is 22.9 Å². The number of anilines is 2. The molecule has 0 aromatic carbocycles. The van der Waals surface area contributed by atoms with E-state index in [1.807, 2.05) is 13.2 Å². The van der Waals surface area contributed by atoms with Gasteiger partial charge in [0.15, 0.2) is 5.82 Å². The van der Waals surface area contributed by atoms with E-state index in [4.69, 9.17) is 5.73 Å². The molecule has 1 saturated heterocycles. The summed E-state index contributed by atoms with van der Waals surface area (Å²) in [6.07, 6.45) is 3.07. The number of aryl methyl sites for hydroxylation is 1. The number of aromatic nitrogens is 2. The van der Waals surface area contributed by atoms with Crippen LogP contribution in [0.2, 0.25) is 0 Å². The summed E-state index contributed by atoms with van der Waals surface area (Å²) >= 11 is 0. The van der Waals surface area contributed by atoms with Crippen molar-refractivity contribution in [1.82, 2.24) is 9.78 Å². The molecule has 1 aliphatic rings. The lowest BCUT2D eigenvalue weighted by atomic mass is 9.93. The van der Waals surface area contributed by atoms with E-state index < -0.39 is 0 Å². The molecule has 0 spiro atoms. The van der Waals surface area contributed by atoms with Crippen LogP contribution in [0.4, 0.5) is 11.5 Å². The first-order valence-electron chi connectivity index (χ1n) is 5.02. The molecular weight excluding hydrogens is 176 g/mol. The Kier molecular flexibility index (Phi) is 1.94. The number of rotatable bonds is 1. The van der Waals surface area contributed by atoms with E-state index in [9.17, 15) is 0 Å². The number of nitrogen functional groups attached to an aromatic ring is 1. The topological polar surface area (TPSA) is 47.1 Å². The fraction of sp³-hybridized carbons (Fsp3) is 0.700. The van der Waals surface area contributed by atoms with Gasteiger partial charge in [-0.05, 0) is 11.8 Å². The van der Waals surface area contributed by atoms with Gasteiger partial charge in [0, 0.05) is 26.3 Å². The zero-order chi connectivity index (χ0) is 10.3. The molecule has 0 aliphatic carbocycles. The van der Waals surface area contributed by atoms with Crippen molar-refractivity contribution < 1.29 is 0 Å². The molecule has 1 fully saturated rings. The van der Waals surface area contributed by atoms with Gasteiger partial charge >= 0.3 is 0 Å². The number of hydrogen-bond acceptors (Lipinski definition) is 3.